The van der Waals surface area contributed by atoms with Crippen LogP contribution in [0.3, 0.4) is 0 Å². The Kier molecular flexibility index (Phi) is 5.26. The zero-order valence-corrected chi connectivity index (χ0v) is 10.9. The second kappa shape index (κ2) is 7.44. The number of aromatic nitrogens is 5. The van der Waals surface area contributed by atoms with Gasteiger partial charge in [0.2, 0.25) is 5.91 Å². The van der Waals surface area contributed by atoms with Crippen LogP contribution in [0.1, 0.15) is 0 Å². The number of amides is 1. The van der Waals surface area contributed by atoms with Gasteiger partial charge in [0, 0.05) is 24.7 Å². The Bertz CT molecular complexity index is 490. The number of carbonyl (C=O) groups is 1. The number of thioether (sulfide) groups is 1. The Labute approximate surface area is 113 Å². The van der Waals surface area contributed by atoms with Crippen molar-refractivity contribution < 1.29 is 4.79 Å². The van der Waals surface area contributed by atoms with Crippen molar-refractivity contribution in [2.45, 2.75) is 5.16 Å². The van der Waals surface area contributed by atoms with Crippen LogP contribution >= 0.6 is 11.8 Å². The van der Waals surface area contributed by atoms with Crippen LogP contribution in [0.5, 0.6) is 0 Å². The lowest BCUT2D eigenvalue weighted by atomic mass is 10.5. The molecular formula is C10H13N7OS. The third-order valence-corrected chi connectivity index (χ3v) is 2.91. The molecule has 0 unspecified atom stereocenters. The molecule has 9 heteroatoms. The highest BCUT2D eigenvalue weighted by Crippen LogP contribution is 2.08. The summed E-state index contributed by atoms with van der Waals surface area (Å²) in [5.74, 6) is 1.10. The van der Waals surface area contributed by atoms with Crippen molar-refractivity contribution in [2.24, 2.45) is 0 Å². The molecule has 3 N–H and O–H groups in total. The fourth-order valence-electron chi connectivity index (χ4n) is 1.24. The van der Waals surface area contributed by atoms with E-state index in [4.69, 9.17) is 0 Å². The number of anilines is 1. The highest BCUT2D eigenvalue weighted by Gasteiger charge is 2.02. The molecule has 2 aromatic heterocycles. The summed E-state index contributed by atoms with van der Waals surface area (Å²) in [5, 5.41) is 12.9. The molecule has 0 atom stereocenters. The molecular weight excluding hydrogens is 266 g/mol. The molecule has 1 amide bonds. The van der Waals surface area contributed by atoms with Gasteiger partial charge in [-0.1, -0.05) is 11.8 Å². The largest absolute Gasteiger partial charge is 0.308 e. The van der Waals surface area contributed by atoms with E-state index in [1.807, 2.05) is 0 Å². The summed E-state index contributed by atoms with van der Waals surface area (Å²) >= 11 is 1.54. The third-order valence-electron chi connectivity index (χ3n) is 2.03. The lowest BCUT2D eigenvalue weighted by Gasteiger charge is -2.04. The van der Waals surface area contributed by atoms with Crippen molar-refractivity contribution in [1.29, 1.82) is 0 Å². The molecule has 0 aromatic carbocycles. The van der Waals surface area contributed by atoms with E-state index in [9.17, 15) is 4.79 Å². The van der Waals surface area contributed by atoms with Crippen molar-refractivity contribution in [3.05, 3.63) is 24.9 Å². The number of nitrogens with zero attached hydrogens (tertiary/aromatic N) is 4. The zero-order valence-electron chi connectivity index (χ0n) is 10.0. The Hall–Kier alpha value is -2.00. The van der Waals surface area contributed by atoms with Crippen molar-refractivity contribution in [1.82, 2.24) is 30.5 Å². The van der Waals surface area contributed by atoms with Gasteiger partial charge in [0.15, 0.2) is 11.0 Å². The van der Waals surface area contributed by atoms with E-state index in [-0.39, 0.29) is 12.5 Å². The highest BCUT2D eigenvalue weighted by molar-refractivity contribution is 7.99. The van der Waals surface area contributed by atoms with Crippen molar-refractivity contribution in [2.75, 3.05) is 24.2 Å². The van der Waals surface area contributed by atoms with Gasteiger partial charge in [0.05, 0.1) is 12.7 Å². The van der Waals surface area contributed by atoms with Crippen LogP contribution in [0.4, 0.5) is 5.82 Å². The van der Waals surface area contributed by atoms with Gasteiger partial charge in [-0.25, -0.2) is 9.97 Å². The maximum Gasteiger partial charge on any atom is 0.239 e. The minimum Gasteiger partial charge on any atom is -0.308 e. The fourth-order valence-corrected chi connectivity index (χ4v) is 1.91. The Morgan fingerprint density at radius 1 is 1.37 bits per heavy atom. The summed E-state index contributed by atoms with van der Waals surface area (Å²) < 4.78 is 0. The average Bonchev–Trinajstić information content (AvgIpc) is 2.92. The van der Waals surface area contributed by atoms with Gasteiger partial charge in [-0.3, -0.25) is 14.9 Å². The van der Waals surface area contributed by atoms with Crippen LogP contribution in [0.25, 0.3) is 0 Å². The van der Waals surface area contributed by atoms with E-state index < -0.39 is 0 Å². The van der Waals surface area contributed by atoms with Crippen LogP contribution in [0.2, 0.25) is 0 Å². The first-order valence-corrected chi connectivity index (χ1v) is 6.58. The molecule has 19 heavy (non-hydrogen) atoms. The third kappa shape index (κ3) is 5.02. The number of hydrogen-bond donors (Lipinski definition) is 3. The van der Waals surface area contributed by atoms with Gasteiger partial charge < -0.3 is 10.6 Å². The standard InChI is InChI=1S/C10H13N7OS/c18-9(16-8-5-11-1-2-13-8)6-12-3-4-19-10-14-7-15-17-10/h1-2,5,7,12H,3-4,6H2,(H,13,16,18)(H,14,15,17). The predicted molar refractivity (Wildman–Crippen MR) is 70.6 cm³/mol. The van der Waals surface area contributed by atoms with E-state index in [0.29, 0.717) is 12.4 Å². The number of hydrogen-bond acceptors (Lipinski definition) is 7. The number of carbonyl (C=O) groups excluding carboxylic acids is 1. The smallest absolute Gasteiger partial charge is 0.239 e. The van der Waals surface area contributed by atoms with Gasteiger partial charge >= 0.3 is 0 Å². The second-order valence-corrected chi connectivity index (χ2v) is 4.54. The number of rotatable bonds is 7. The predicted octanol–water partition coefficient (Wildman–Crippen LogP) is -0.0849. The molecule has 0 aliphatic carbocycles. The number of nitrogens with one attached hydrogen (secondary N) is 3. The normalized spacial score (nSPS) is 10.3. The fraction of sp³-hybridized carbons (Fsp3) is 0.300. The Morgan fingerprint density at radius 3 is 3.05 bits per heavy atom. The van der Waals surface area contributed by atoms with Crippen LogP contribution in [-0.2, 0) is 4.79 Å². The van der Waals surface area contributed by atoms with Gasteiger partial charge in [0.1, 0.15) is 6.33 Å². The summed E-state index contributed by atoms with van der Waals surface area (Å²) in [5.41, 5.74) is 0. The molecule has 0 fully saturated rings. The Balaban J connectivity index is 1.57. The summed E-state index contributed by atoms with van der Waals surface area (Å²) in [6.07, 6.45) is 6.04. The van der Waals surface area contributed by atoms with Gasteiger partial charge in [-0.15, -0.1) is 0 Å². The molecule has 2 heterocycles. The average molecular weight is 279 g/mol. The Morgan fingerprint density at radius 2 is 2.32 bits per heavy atom. The summed E-state index contributed by atoms with van der Waals surface area (Å²) in [4.78, 5) is 23.3. The zero-order chi connectivity index (χ0) is 13.3. The molecule has 0 bridgehead atoms. The van der Waals surface area contributed by atoms with E-state index in [1.54, 1.807) is 6.20 Å². The lowest BCUT2D eigenvalue weighted by molar-refractivity contribution is -0.115. The van der Waals surface area contributed by atoms with Crippen molar-refractivity contribution >= 4 is 23.5 Å². The molecule has 0 spiro atoms. The molecule has 2 rings (SSSR count). The number of H-pyrrole nitrogens is 1. The second-order valence-electron chi connectivity index (χ2n) is 3.45. The SMILES string of the molecule is O=C(CNCCSc1ncn[nH]1)Nc1cnccn1. The van der Waals surface area contributed by atoms with Crippen molar-refractivity contribution in [3.8, 4) is 0 Å². The van der Waals surface area contributed by atoms with Crippen LogP contribution in [0, 0.1) is 0 Å². The van der Waals surface area contributed by atoms with E-state index in [2.05, 4.69) is 35.8 Å². The van der Waals surface area contributed by atoms with Crippen LogP contribution in [-0.4, -0.2) is 49.9 Å². The van der Waals surface area contributed by atoms with Gasteiger partial charge in [-0.2, -0.15) is 5.10 Å². The molecule has 100 valence electrons. The lowest BCUT2D eigenvalue weighted by Crippen LogP contribution is -2.29. The van der Waals surface area contributed by atoms with Crippen LogP contribution < -0.4 is 10.6 Å². The monoisotopic (exact) mass is 279 g/mol. The molecule has 0 aliphatic rings. The first kappa shape index (κ1) is 13.4. The molecule has 0 radical (unpaired) electrons. The maximum atomic E-state index is 11.5. The van der Waals surface area contributed by atoms with Gasteiger partial charge in [0.25, 0.3) is 0 Å². The van der Waals surface area contributed by atoms with Crippen molar-refractivity contribution in [3.63, 3.8) is 0 Å². The summed E-state index contributed by atoms with van der Waals surface area (Å²) in [6, 6.07) is 0. The first-order valence-electron chi connectivity index (χ1n) is 5.59. The minimum atomic E-state index is -0.148. The molecule has 0 aliphatic heterocycles. The van der Waals surface area contributed by atoms with E-state index in [0.717, 1.165) is 10.9 Å². The minimum absolute atomic E-state index is 0.148. The molecule has 2 aromatic rings. The van der Waals surface area contributed by atoms with E-state index in [1.165, 1.54) is 30.5 Å². The summed E-state index contributed by atoms with van der Waals surface area (Å²) in [6.45, 7) is 0.923. The first-order chi connectivity index (χ1) is 9.34. The molecule has 0 saturated heterocycles. The maximum absolute atomic E-state index is 11.5. The summed E-state index contributed by atoms with van der Waals surface area (Å²) in [7, 11) is 0. The van der Waals surface area contributed by atoms with Crippen LogP contribution in [0.15, 0.2) is 30.1 Å². The highest BCUT2D eigenvalue weighted by atomic mass is 32.2. The topological polar surface area (TPSA) is 108 Å². The number of aromatic amines is 1. The van der Waals surface area contributed by atoms with Gasteiger partial charge in [-0.05, 0) is 0 Å². The van der Waals surface area contributed by atoms with E-state index >= 15 is 0 Å². The quantitative estimate of drug-likeness (QED) is 0.480. The molecule has 0 saturated carbocycles. The molecule has 8 nitrogen and oxygen atoms in total.